The van der Waals surface area contributed by atoms with Gasteiger partial charge in [-0.15, -0.1) is 0 Å². The van der Waals surface area contributed by atoms with E-state index in [4.69, 9.17) is 4.74 Å². The van der Waals surface area contributed by atoms with E-state index in [-0.39, 0.29) is 0 Å². The minimum atomic E-state index is 0.301. The summed E-state index contributed by atoms with van der Waals surface area (Å²) in [4.78, 5) is 8.16. The quantitative estimate of drug-likeness (QED) is 0.704. The Balaban J connectivity index is 1.56. The van der Waals surface area contributed by atoms with Crippen LogP contribution in [-0.2, 0) is 4.74 Å². The van der Waals surface area contributed by atoms with E-state index in [2.05, 4.69) is 63.3 Å². The minimum absolute atomic E-state index is 0.301. The molecule has 2 atom stereocenters. The predicted molar refractivity (Wildman–Crippen MR) is 119 cm³/mol. The molecular formula is C24H47N3O. The number of piperidine rings is 2. The van der Waals surface area contributed by atoms with Crippen molar-refractivity contribution in [2.24, 2.45) is 17.8 Å². The van der Waals surface area contributed by atoms with Crippen LogP contribution in [0.1, 0.15) is 67.2 Å². The molecular weight excluding hydrogens is 346 g/mol. The van der Waals surface area contributed by atoms with E-state index in [1.165, 1.54) is 45.3 Å². The SMILES string of the molecule is CC(C)C1CCC(C(C)(C)N2CCC(C(C)(C)N3CCOCC3)CC2)CN1C. The second-order valence-corrected chi connectivity index (χ2v) is 11.2. The van der Waals surface area contributed by atoms with E-state index in [9.17, 15) is 0 Å². The molecule has 0 radical (unpaired) electrons. The molecule has 3 heterocycles. The lowest BCUT2D eigenvalue weighted by Crippen LogP contribution is -2.60. The lowest BCUT2D eigenvalue weighted by molar-refractivity contribution is -0.0605. The number of hydrogen-bond acceptors (Lipinski definition) is 4. The lowest BCUT2D eigenvalue weighted by atomic mass is 9.74. The van der Waals surface area contributed by atoms with E-state index in [1.807, 2.05) is 0 Å². The first-order valence-electron chi connectivity index (χ1n) is 11.9. The van der Waals surface area contributed by atoms with Crippen LogP contribution in [0.15, 0.2) is 0 Å². The zero-order valence-corrected chi connectivity index (χ0v) is 19.8. The minimum Gasteiger partial charge on any atom is -0.379 e. The predicted octanol–water partition coefficient (Wildman–Crippen LogP) is 3.95. The Bertz CT molecular complexity index is 490. The van der Waals surface area contributed by atoms with Crippen LogP contribution in [0, 0.1) is 17.8 Å². The van der Waals surface area contributed by atoms with Gasteiger partial charge in [0.1, 0.15) is 0 Å². The summed E-state index contributed by atoms with van der Waals surface area (Å²) in [7, 11) is 2.35. The summed E-state index contributed by atoms with van der Waals surface area (Å²) < 4.78 is 5.59. The van der Waals surface area contributed by atoms with Crippen molar-refractivity contribution in [2.75, 3.05) is 53.0 Å². The highest BCUT2D eigenvalue weighted by atomic mass is 16.5. The molecule has 0 amide bonds. The second-order valence-electron chi connectivity index (χ2n) is 11.2. The summed E-state index contributed by atoms with van der Waals surface area (Å²) in [5.74, 6) is 2.36. The van der Waals surface area contributed by atoms with E-state index in [1.54, 1.807) is 0 Å². The molecule has 3 aliphatic rings. The number of rotatable bonds is 5. The molecule has 0 aromatic rings. The molecule has 0 aliphatic carbocycles. The van der Waals surface area contributed by atoms with Crippen molar-refractivity contribution in [3.8, 4) is 0 Å². The van der Waals surface area contributed by atoms with Crippen LogP contribution in [0.5, 0.6) is 0 Å². The van der Waals surface area contributed by atoms with Gasteiger partial charge in [0.2, 0.25) is 0 Å². The van der Waals surface area contributed by atoms with E-state index < -0.39 is 0 Å². The second kappa shape index (κ2) is 8.91. The van der Waals surface area contributed by atoms with Crippen molar-refractivity contribution >= 4 is 0 Å². The Kier molecular flexibility index (Phi) is 7.17. The fourth-order valence-corrected chi connectivity index (χ4v) is 6.40. The fourth-order valence-electron chi connectivity index (χ4n) is 6.40. The molecule has 0 bridgehead atoms. The van der Waals surface area contributed by atoms with Crippen molar-refractivity contribution < 1.29 is 4.74 Å². The van der Waals surface area contributed by atoms with Crippen LogP contribution in [0.2, 0.25) is 0 Å². The van der Waals surface area contributed by atoms with Gasteiger partial charge in [0.25, 0.3) is 0 Å². The Labute approximate surface area is 175 Å². The molecule has 4 nitrogen and oxygen atoms in total. The third-order valence-corrected chi connectivity index (χ3v) is 8.79. The maximum Gasteiger partial charge on any atom is 0.0594 e. The molecule has 3 aliphatic heterocycles. The molecule has 0 aromatic carbocycles. The van der Waals surface area contributed by atoms with Gasteiger partial charge in [-0.25, -0.2) is 0 Å². The summed E-state index contributed by atoms with van der Waals surface area (Å²) in [6.45, 7) is 22.6. The van der Waals surface area contributed by atoms with Gasteiger partial charge in [-0.1, -0.05) is 13.8 Å². The molecule has 3 fully saturated rings. The van der Waals surface area contributed by atoms with Crippen LogP contribution in [0.3, 0.4) is 0 Å². The maximum absolute atomic E-state index is 5.59. The molecule has 3 rings (SSSR count). The van der Waals surface area contributed by atoms with Crippen LogP contribution >= 0.6 is 0 Å². The van der Waals surface area contributed by atoms with Crippen molar-refractivity contribution in [3.05, 3.63) is 0 Å². The number of hydrogen-bond donors (Lipinski definition) is 0. The summed E-state index contributed by atoms with van der Waals surface area (Å²) >= 11 is 0. The lowest BCUT2D eigenvalue weighted by Gasteiger charge is -2.54. The van der Waals surface area contributed by atoms with Crippen LogP contribution in [0.4, 0.5) is 0 Å². The average Bonchev–Trinajstić information content (AvgIpc) is 2.68. The first kappa shape index (κ1) is 22.5. The Morgan fingerprint density at radius 3 is 1.82 bits per heavy atom. The Morgan fingerprint density at radius 2 is 1.29 bits per heavy atom. The van der Waals surface area contributed by atoms with Gasteiger partial charge in [-0.2, -0.15) is 0 Å². The van der Waals surface area contributed by atoms with Gasteiger partial charge in [-0.3, -0.25) is 9.80 Å². The summed E-state index contributed by atoms with van der Waals surface area (Å²) in [6, 6.07) is 0.770. The average molecular weight is 394 g/mol. The normalized spacial score (nSPS) is 30.9. The number of morpholine rings is 1. The summed E-state index contributed by atoms with van der Waals surface area (Å²) in [5.41, 5.74) is 0.611. The molecule has 2 unspecified atom stereocenters. The monoisotopic (exact) mass is 393 g/mol. The highest BCUT2D eigenvalue weighted by Gasteiger charge is 2.43. The maximum atomic E-state index is 5.59. The standard InChI is InChI=1S/C24H47N3O/c1-19(2)22-9-8-21(18-25(22)7)24(5,6)26-12-10-20(11-13-26)23(3,4)27-14-16-28-17-15-27/h19-22H,8-18H2,1-7H3. The number of likely N-dealkylation sites (tertiary alicyclic amines) is 2. The molecule has 28 heavy (non-hydrogen) atoms. The van der Waals surface area contributed by atoms with Crippen molar-refractivity contribution in [1.29, 1.82) is 0 Å². The molecule has 4 heteroatoms. The van der Waals surface area contributed by atoms with E-state index in [0.29, 0.717) is 11.1 Å². The van der Waals surface area contributed by atoms with Gasteiger partial charge in [0.05, 0.1) is 13.2 Å². The van der Waals surface area contributed by atoms with Gasteiger partial charge in [-0.05, 0) is 91.3 Å². The van der Waals surface area contributed by atoms with Crippen molar-refractivity contribution in [1.82, 2.24) is 14.7 Å². The van der Waals surface area contributed by atoms with Crippen molar-refractivity contribution in [3.63, 3.8) is 0 Å². The fraction of sp³-hybridized carbons (Fsp3) is 1.00. The van der Waals surface area contributed by atoms with Gasteiger partial charge in [0.15, 0.2) is 0 Å². The van der Waals surface area contributed by atoms with Crippen molar-refractivity contribution in [2.45, 2.75) is 84.3 Å². The van der Waals surface area contributed by atoms with E-state index in [0.717, 1.165) is 50.1 Å². The smallest absolute Gasteiger partial charge is 0.0594 e. The number of ether oxygens (including phenoxy) is 1. The highest BCUT2D eigenvalue weighted by molar-refractivity contribution is 4.99. The first-order chi connectivity index (χ1) is 13.1. The molecule has 164 valence electrons. The number of nitrogens with zero attached hydrogens (tertiary/aromatic N) is 3. The molecule has 0 aromatic heterocycles. The van der Waals surface area contributed by atoms with Crippen LogP contribution < -0.4 is 0 Å². The molecule has 0 N–H and O–H groups in total. The first-order valence-corrected chi connectivity index (χ1v) is 11.9. The summed E-state index contributed by atoms with van der Waals surface area (Å²) in [5, 5.41) is 0. The largest absolute Gasteiger partial charge is 0.379 e. The summed E-state index contributed by atoms with van der Waals surface area (Å²) in [6.07, 6.45) is 5.43. The third-order valence-electron chi connectivity index (χ3n) is 8.79. The Hall–Kier alpha value is -0.160. The third kappa shape index (κ3) is 4.61. The highest BCUT2D eigenvalue weighted by Crippen LogP contribution is 2.39. The van der Waals surface area contributed by atoms with Gasteiger partial charge >= 0.3 is 0 Å². The molecule has 0 saturated carbocycles. The topological polar surface area (TPSA) is 19.0 Å². The van der Waals surface area contributed by atoms with Crippen LogP contribution in [-0.4, -0.2) is 84.8 Å². The molecule has 3 saturated heterocycles. The van der Waals surface area contributed by atoms with Crippen LogP contribution in [0.25, 0.3) is 0 Å². The molecule has 0 spiro atoms. The van der Waals surface area contributed by atoms with E-state index >= 15 is 0 Å². The Morgan fingerprint density at radius 1 is 0.750 bits per heavy atom. The van der Waals surface area contributed by atoms with Gasteiger partial charge in [0, 0.05) is 36.8 Å². The zero-order valence-electron chi connectivity index (χ0n) is 19.8. The van der Waals surface area contributed by atoms with Gasteiger partial charge < -0.3 is 9.64 Å². The zero-order chi connectivity index (χ0) is 20.5.